The standard InChI is InChI=1S/C23H30N6O/c1-15-20-4-3-9-28(20)10-11-29(15)21-13-19(26-14-27-21)22(25)17-12-16(5-6-18(17)24)30-23(2)7-8-23/h5-6,12-15,20,25H,3-4,7-11,24H2,1-2H3. The normalized spacial score (nSPS) is 25.1. The summed E-state index contributed by atoms with van der Waals surface area (Å²) in [6.45, 7) is 7.62. The fourth-order valence-corrected chi connectivity index (χ4v) is 4.80. The van der Waals surface area contributed by atoms with Crippen molar-refractivity contribution in [3.8, 4) is 5.75 Å². The van der Waals surface area contributed by atoms with Crippen LogP contribution in [-0.2, 0) is 0 Å². The number of hydrogen-bond acceptors (Lipinski definition) is 7. The first-order chi connectivity index (χ1) is 14.4. The molecule has 0 bridgehead atoms. The number of nitrogen functional groups attached to an aromatic ring is 1. The lowest BCUT2D eigenvalue weighted by Crippen LogP contribution is -2.56. The highest BCUT2D eigenvalue weighted by Crippen LogP contribution is 2.40. The lowest BCUT2D eigenvalue weighted by molar-refractivity contribution is 0.193. The van der Waals surface area contributed by atoms with Crippen LogP contribution in [0.25, 0.3) is 0 Å². The number of nitrogens with one attached hydrogen (secondary N) is 1. The molecule has 3 heterocycles. The summed E-state index contributed by atoms with van der Waals surface area (Å²) in [6.07, 6.45) is 6.21. The first-order valence-electron chi connectivity index (χ1n) is 10.9. The average Bonchev–Trinajstić information content (AvgIpc) is 3.26. The van der Waals surface area contributed by atoms with Gasteiger partial charge in [-0.25, -0.2) is 9.97 Å². The molecule has 1 aromatic carbocycles. The Balaban J connectivity index is 1.40. The van der Waals surface area contributed by atoms with Gasteiger partial charge in [0, 0.05) is 42.5 Å². The van der Waals surface area contributed by atoms with Crippen molar-refractivity contribution in [1.82, 2.24) is 14.9 Å². The number of anilines is 2. The summed E-state index contributed by atoms with van der Waals surface area (Å²) < 4.78 is 6.07. The van der Waals surface area contributed by atoms with Crippen LogP contribution in [0.2, 0.25) is 0 Å². The highest BCUT2D eigenvalue weighted by atomic mass is 16.5. The second-order valence-electron chi connectivity index (χ2n) is 9.12. The third-order valence-corrected chi connectivity index (χ3v) is 6.91. The highest BCUT2D eigenvalue weighted by molar-refractivity contribution is 6.13. The van der Waals surface area contributed by atoms with E-state index in [9.17, 15) is 0 Å². The fraction of sp³-hybridized carbons (Fsp3) is 0.522. The first kappa shape index (κ1) is 19.3. The van der Waals surface area contributed by atoms with Crippen LogP contribution in [0.4, 0.5) is 11.5 Å². The maximum atomic E-state index is 8.78. The summed E-state index contributed by atoms with van der Waals surface area (Å²) in [4.78, 5) is 13.9. The highest BCUT2D eigenvalue weighted by Gasteiger charge is 2.40. The van der Waals surface area contributed by atoms with E-state index in [1.807, 2.05) is 24.3 Å². The Hall–Kier alpha value is -2.67. The summed E-state index contributed by atoms with van der Waals surface area (Å²) in [7, 11) is 0. The van der Waals surface area contributed by atoms with Crippen LogP contribution >= 0.6 is 0 Å². The molecule has 5 rings (SSSR count). The SMILES string of the molecule is CC1C2CCCN2CCN1c1cc(C(=N)c2cc(OC3(C)CC3)ccc2N)ncn1. The molecule has 1 aromatic heterocycles. The lowest BCUT2D eigenvalue weighted by Gasteiger charge is -2.43. The molecule has 0 radical (unpaired) electrons. The zero-order valence-electron chi connectivity index (χ0n) is 17.8. The minimum absolute atomic E-state index is 0.0732. The zero-order valence-corrected chi connectivity index (χ0v) is 17.8. The molecular weight excluding hydrogens is 376 g/mol. The quantitative estimate of drug-likeness (QED) is 0.586. The fourth-order valence-electron chi connectivity index (χ4n) is 4.80. The van der Waals surface area contributed by atoms with Gasteiger partial charge in [-0.1, -0.05) is 0 Å². The van der Waals surface area contributed by atoms with E-state index < -0.39 is 0 Å². The van der Waals surface area contributed by atoms with Crippen LogP contribution < -0.4 is 15.4 Å². The van der Waals surface area contributed by atoms with Gasteiger partial charge in [-0.05, 0) is 64.3 Å². The van der Waals surface area contributed by atoms with E-state index in [0.29, 0.717) is 34.7 Å². The van der Waals surface area contributed by atoms with Crippen LogP contribution in [0.5, 0.6) is 5.75 Å². The predicted molar refractivity (Wildman–Crippen MR) is 118 cm³/mol. The van der Waals surface area contributed by atoms with Gasteiger partial charge in [0.1, 0.15) is 23.5 Å². The van der Waals surface area contributed by atoms with Crippen molar-refractivity contribution >= 4 is 17.2 Å². The molecule has 2 atom stereocenters. The van der Waals surface area contributed by atoms with Gasteiger partial charge in [-0.15, -0.1) is 0 Å². The Morgan fingerprint density at radius 2 is 2.03 bits per heavy atom. The third kappa shape index (κ3) is 3.51. The molecule has 158 valence electrons. The van der Waals surface area contributed by atoms with Gasteiger partial charge in [0.2, 0.25) is 0 Å². The molecule has 3 aliphatic rings. The van der Waals surface area contributed by atoms with E-state index in [4.69, 9.17) is 15.9 Å². The number of nitrogens with zero attached hydrogens (tertiary/aromatic N) is 4. The summed E-state index contributed by atoms with van der Waals surface area (Å²) in [5.41, 5.74) is 8.23. The van der Waals surface area contributed by atoms with E-state index in [1.54, 1.807) is 6.33 Å². The Bertz CT molecular complexity index is 972. The molecular formula is C23H30N6O. The number of piperazine rings is 1. The number of hydrogen-bond donors (Lipinski definition) is 2. The summed E-state index contributed by atoms with van der Waals surface area (Å²) in [5, 5.41) is 8.78. The molecule has 2 aromatic rings. The molecule has 7 nitrogen and oxygen atoms in total. The van der Waals surface area contributed by atoms with Crippen LogP contribution in [0.1, 0.15) is 50.8 Å². The number of fused-ring (bicyclic) bond motifs is 1. The monoisotopic (exact) mass is 406 g/mol. The van der Waals surface area contributed by atoms with Gasteiger partial charge < -0.3 is 15.4 Å². The van der Waals surface area contributed by atoms with Gasteiger partial charge in [0.15, 0.2) is 0 Å². The molecule has 2 saturated heterocycles. The third-order valence-electron chi connectivity index (χ3n) is 6.91. The Morgan fingerprint density at radius 3 is 2.83 bits per heavy atom. The first-order valence-corrected chi connectivity index (χ1v) is 10.9. The maximum absolute atomic E-state index is 8.78. The molecule has 2 unspecified atom stereocenters. The predicted octanol–water partition coefficient (Wildman–Crippen LogP) is 3.08. The van der Waals surface area contributed by atoms with Crippen LogP contribution in [-0.4, -0.2) is 57.9 Å². The average molecular weight is 407 g/mol. The molecule has 1 saturated carbocycles. The molecule has 2 aliphatic heterocycles. The minimum atomic E-state index is -0.0732. The number of benzene rings is 1. The molecule has 0 spiro atoms. The van der Waals surface area contributed by atoms with E-state index in [-0.39, 0.29) is 5.60 Å². The minimum Gasteiger partial charge on any atom is -0.488 e. The molecule has 3 fully saturated rings. The smallest absolute Gasteiger partial charge is 0.132 e. The summed E-state index contributed by atoms with van der Waals surface area (Å²) in [5.74, 6) is 1.64. The van der Waals surface area contributed by atoms with Crippen molar-refractivity contribution in [3.05, 3.63) is 41.9 Å². The van der Waals surface area contributed by atoms with E-state index >= 15 is 0 Å². The van der Waals surface area contributed by atoms with E-state index in [1.165, 1.54) is 19.4 Å². The van der Waals surface area contributed by atoms with Crippen molar-refractivity contribution in [1.29, 1.82) is 5.41 Å². The van der Waals surface area contributed by atoms with E-state index in [0.717, 1.165) is 37.5 Å². The maximum Gasteiger partial charge on any atom is 0.132 e. The molecule has 7 heteroatoms. The number of aromatic nitrogens is 2. The molecule has 1 aliphatic carbocycles. The second kappa shape index (κ2) is 7.23. The van der Waals surface area contributed by atoms with Crippen molar-refractivity contribution < 1.29 is 4.74 Å². The van der Waals surface area contributed by atoms with E-state index in [2.05, 4.69) is 33.6 Å². The van der Waals surface area contributed by atoms with Crippen molar-refractivity contribution in [2.24, 2.45) is 0 Å². The molecule has 3 N–H and O–H groups in total. The molecule has 0 amide bonds. The lowest BCUT2D eigenvalue weighted by atomic mass is 10.0. The largest absolute Gasteiger partial charge is 0.488 e. The zero-order chi connectivity index (χ0) is 20.9. The Labute approximate surface area is 177 Å². The summed E-state index contributed by atoms with van der Waals surface area (Å²) in [6, 6.07) is 8.48. The topological polar surface area (TPSA) is 91.4 Å². The number of rotatable bonds is 5. The van der Waals surface area contributed by atoms with Gasteiger partial charge in [0.05, 0.1) is 11.4 Å². The van der Waals surface area contributed by atoms with Crippen LogP contribution in [0, 0.1) is 5.41 Å². The number of ether oxygens (including phenoxy) is 1. The van der Waals surface area contributed by atoms with Crippen molar-refractivity contribution in [2.45, 2.75) is 57.2 Å². The van der Waals surface area contributed by atoms with Crippen LogP contribution in [0.3, 0.4) is 0 Å². The Kier molecular flexibility index (Phi) is 4.65. The van der Waals surface area contributed by atoms with Gasteiger partial charge in [-0.2, -0.15) is 0 Å². The number of nitrogens with two attached hydrogens (primary N) is 1. The van der Waals surface area contributed by atoms with Gasteiger partial charge in [0.25, 0.3) is 0 Å². The van der Waals surface area contributed by atoms with Crippen molar-refractivity contribution in [2.75, 3.05) is 30.3 Å². The van der Waals surface area contributed by atoms with Crippen molar-refractivity contribution in [3.63, 3.8) is 0 Å². The van der Waals surface area contributed by atoms with Crippen LogP contribution in [0.15, 0.2) is 30.6 Å². The van der Waals surface area contributed by atoms with Gasteiger partial charge >= 0.3 is 0 Å². The molecule has 30 heavy (non-hydrogen) atoms. The van der Waals surface area contributed by atoms with Gasteiger partial charge in [-0.3, -0.25) is 10.3 Å². The second-order valence-corrected chi connectivity index (χ2v) is 9.12. The summed E-state index contributed by atoms with van der Waals surface area (Å²) >= 11 is 0. The Morgan fingerprint density at radius 1 is 1.20 bits per heavy atom.